The van der Waals surface area contributed by atoms with Crippen LogP contribution in [0.5, 0.6) is 0 Å². The van der Waals surface area contributed by atoms with Gasteiger partial charge >= 0.3 is 0 Å². The predicted molar refractivity (Wildman–Crippen MR) is 67.9 cm³/mol. The molecule has 2 rings (SSSR count). The van der Waals surface area contributed by atoms with Crippen molar-refractivity contribution in [1.82, 2.24) is 0 Å². The van der Waals surface area contributed by atoms with Gasteiger partial charge in [-0.15, -0.1) is 0 Å². The summed E-state index contributed by atoms with van der Waals surface area (Å²) in [5, 5.41) is 17.5. The Bertz CT molecular complexity index is 525. The minimum absolute atomic E-state index is 0.0105. The van der Waals surface area contributed by atoms with Crippen LogP contribution >= 0.6 is 0 Å². The van der Waals surface area contributed by atoms with E-state index in [0.29, 0.717) is 13.0 Å². The van der Waals surface area contributed by atoms with E-state index in [1.54, 1.807) is 0 Å². The quantitative estimate of drug-likeness (QED) is 0.637. The molecule has 102 valence electrons. The summed E-state index contributed by atoms with van der Waals surface area (Å²) in [6.45, 7) is 1.85. The molecule has 0 bridgehead atoms. The number of Topliss-reactive ketones (excluding diaryl/α,β-unsaturated/α-hetero) is 2. The van der Waals surface area contributed by atoms with Crippen LogP contribution in [0.25, 0.3) is 0 Å². The third-order valence-corrected chi connectivity index (χ3v) is 3.42. The van der Waals surface area contributed by atoms with E-state index >= 15 is 0 Å². The Morgan fingerprint density at radius 2 is 2.16 bits per heavy atom. The maximum Gasteiger partial charge on any atom is 0.210 e. The smallest absolute Gasteiger partial charge is 0.210 e. The first-order chi connectivity index (χ1) is 8.95. The number of ether oxygens (including phenoxy) is 1. The average molecular weight is 264 g/mol. The van der Waals surface area contributed by atoms with Gasteiger partial charge in [-0.1, -0.05) is 0 Å². The second-order valence-electron chi connectivity index (χ2n) is 4.69. The number of carbonyl (C=O) groups excluding carboxylic acids is 2. The van der Waals surface area contributed by atoms with Crippen LogP contribution in [-0.4, -0.2) is 35.1 Å². The number of hydrogen-bond donors (Lipinski definition) is 3. The van der Waals surface area contributed by atoms with Crippen molar-refractivity contribution in [1.29, 1.82) is 5.41 Å². The zero-order valence-corrected chi connectivity index (χ0v) is 10.7. The summed E-state index contributed by atoms with van der Waals surface area (Å²) in [6.07, 6.45) is 1.60. The summed E-state index contributed by atoms with van der Waals surface area (Å²) >= 11 is 0. The van der Waals surface area contributed by atoms with Crippen LogP contribution in [0.1, 0.15) is 26.2 Å². The Labute approximate surface area is 110 Å². The van der Waals surface area contributed by atoms with Crippen LogP contribution in [0.3, 0.4) is 0 Å². The SMILES string of the molecule is CC1=C(O)C(N)=C(C(=O)C2CCCCO2)C(=N)C1=O. The molecule has 0 aromatic rings. The molecule has 0 radical (unpaired) electrons. The molecule has 6 nitrogen and oxygen atoms in total. The monoisotopic (exact) mass is 264 g/mol. The summed E-state index contributed by atoms with van der Waals surface area (Å²) in [4.78, 5) is 24.0. The third-order valence-electron chi connectivity index (χ3n) is 3.42. The second kappa shape index (κ2) is 4.97. The van der Waals surface area contributed by atoms with Gasteiger partial charge in [0.15, 0.2) is 5.78 Å². The van der Waals surface area contributed by atoms with Crippen LogP contribution < -0.4 is 5.73 Å². The molecule has 1 aliphatic heterocycles. The largest absolute Gasteiger partial charge is 0.505 e. The molecular formula is C13H16N2O4. The first-order valence-electron chi connectivity index (χ1n) is 6.14. The lowest BCUT2D eigenvalue weighted by molar-refractivity contribution is -0.129. The minimum Gasteiger partial charge on any atom is -0.505 e. The van der Waals surface area contributed by atoms with Gasteiger partial charge in [0.25, 0.3) is 0 Å². The number of hydrogen-bond acceptors (Lipinski definition) is 6. The topological polar surface area (TPSA) is 113 Å². The van der Waals surface area contributed by atoms with Crippen LogP contribution in [0.4, 0.5) is 0 Å². The predicted octanol–water partition coefficient (Wildman–Crippen LogP) is 0.772. The van der Waals surface area contributed by atoms with E-state index in [0.717, 1.165) is 12.8 Å². The first-order valence-corrected chi connectivity index (χ1v) is 6.14. The highest BCUT2D eigenvalue weighted by Gasteiger charge is 2.36. The van der Waals surface area contributed by atoms with Crippen molar-refractivity contribution in [3.63, 3.8) is 0 Å². The standard InChI is InChI=1S/C13H16N2O4/c1-6-11(16)9(14)8(10(15)12(6)17)13(18)7-4-2-3-5-19-7/h7,14,17H,2-5,15H2,1H3. The zero-order valence-electron chi connectivity index (χ0n) is 10.7. The molecule has 1 fully saturated rings. The molecule has 0 aromatic carbocycles. The molecule has 1 atom stereocenters. The van der Waals surface area contributed by atoms with Gasteiger partial charge in [-0.2, -0.15) is 0 Å². The lowest BCUT2D eigenvalue weighted by atomic mass is 9.87. The lowest BCUT2D eigenvalue weighted by Crippen LogP contribution is -2.38. The number of allylic oxidation sites excluding steroid dienone is 1. The maximum absolute atomic E-state index is 12.3. The fourth-order valence-corrected chi connectivity index (χ4v) is 2.23. The number of nitrogens with two attached hydrogens (primary N) is 1. The van der Waals surface area contributed by atoms with Crippen molar-refractivity contribution in [3.8, 4) is 0 Å². The Morgan fingerprint density at radius 1 is 1.47 bits per heavy atom. The van der Waals surface area contributed by atoms with Gasteiger partial charge < -0.3 is 15.6 Å². The Morgan fingerprint density at radius 3 is 2.74 bits per heavy atom. The van der Waals surface area contributed by atoms with E-state index in [2.05, 4.69) is 0 Å². The summed E-state index contributed by atoms with van der Waals surface area (Å²) < 4.78 is 5.34. The zero-order chi connectivity index (χ0) is 14.2. The number of rotatable bonds is 2. The number of ketones is 2. The highest BCUT2D eigenvalue weighted by molar-refractivity contribution is 6.56. The maximum atomic E-state index is 12.3. The van der Waals surface area contributed by atoms with Gasteiger partial charge in [0.2, 0.25) is 5.78 Å². The van der Waals surface area contributed by atoms with E-state index in [1.807, 2.05) is 0 Å². The van der Waals surface area contributed by atoms with Gasteiger partial charge in [-0.05, 0) is 26.2 Å². The number of nitrogens with one attached hydrogen (secondary N) is 1. The normalized spacial score (nSPS) is 25.0. The summed E-state index contributed by atoms with van der Waals surface area (Å²) in [5.41, 5.74) is 4.77. The van der Waals surface area contributed by atoms with Crippen molar-refractivity contribution in [2.75, 3.05) is 6.61 Å². The number of aliphatic hydroxyl groups is 1. The Balaban J connectivity index is 2.39. The molecule has 0 aromatic heterocycles. The van der Waals surface area contributed by atoms with Crippen LogP contribution in [0, 0.1) is 5.41 Å². The first kappa shape index (κ1) is 13.5. The molecule has 1 unspecified atom stereocenters. The molecule has 1 saturated heterocycles. The fraction of sp³-hybridized carbons (Fsp3) is 0.462. The van der Waals surface area contributed by atoms with Crippen LogP contribution in [-0.2, 0) is 14.3 Å². The molecule has 4 N–H and O–H groups in total. The molecular weight excluding hydrogens is 248 g/mol. The molecule has 0 spiro atoms. The van der Waals surface area contributed by atoms with Crippen molar-refractivity contribution < 1.29 is 19.4 Å². The third kappa shape index (κ3) is 2.19. The van der Waals surface area contributed by atoms with Crippen LogP contribution in [0.15, 0.2) is 22.6 Å². The van der Waals surface area contributed by atoms with E-state index in [9.17, 15) is 14.7 Å². The van der Waals surface area contributed by atoms with E-state index in [4.69, 9.17) is 15.9 Å². The van der Waals surface area contributed by atoms with E-state index in [1.165, 1.54) is 6.92 Å². The van der Waals surface area contributed by atoms with Gasteiger partial charge in [0, 0.05) is 12.2 Å². The van der Waals surface area contributed by atoms with Crippen molar-refractivity contribution >= 4 is 17.3 Å². The molecule has 1 heterocycles. The van der Waals surface area contributed by atoms with Crippen LogP contribution in [0.2, 0.25) is 0 Å². The molecule has 1 aliphatic carbocycles. The van der Waals surface area contributed by atoms with Gasteiger partial charge in [0.1, 0.15) is 17.6 Å². The second-order valence-corrected chi connectivity index (χ2v) is 4.69. The highest BCUT2D eigenvalue weighted by Crippen LogP contribution is 2.25. The molecule has 6 heteroatoms. The molecule has 19 heavy (non-hydrogen) atoms. The summed E-state index contributed by atoms with van der Waals surface area (Å²) in [6, 6.07) is 0. The van der Waals surface area contributed by atoms with Crippen molar-refractivity contribution in [2.24, 2.45) is 5.73 Å². The Hall–Kier alpha value is -1.95. The van der Waals surface area contributed by atoms with Gasteiger partial charge in [0.05, 0.1) is 11.3 Å². The number of aliphatic hydroxyl groups excluding tert-OH is 1. The van der Waals surface area contributed by atoms with Gasteiger partial charge in [-0.25, -0.2) is 0 Å². The van der Waals surface area contributed by atoms with Crippen molar-refractivity contribution in [3.05, 3.63) is 22.6 Å². The van der Waals surface area contributed by atoms with Crippen molar-refractivity contribution in [2.45, 2.75) is 32.3 Å². The highest BCUT2D eigenvalue weighted by atomic mass is 16.5. The fourth-order valence-electron chi connectivity index (χ4n) is 2.23. The molecule has 0 amide bonds. The lowest BCUT2D eigenvalue weighted by Gasteiger charge is -2.25. The van der Waals surface area contributed by atoms with E-state index < -0.39 is 29.1 Å². The average Bonchev–Trinajstić information content (AvgIpc) is 2.44. The van der Waals surface area contributed by atoms with Gasteiger partial charge in [-0.3, -0.25) is 15.0 Å². The molecule has 2 aliphatic rings. The number of carbonyl (C=O) groups is 2. The summed E-state index contributed by atoms with van der Waals surface area (Å²) in [5.74, 6) is -1.58. The minimum atomic E-state index is -0.679. The summed E-state index contributed by atoms with van der Waals surface area (Å²) in [7, 11) is 0. The Kier molecular flexibility index (Phi) is 3.53. The molecule has 0 saturated carbocycles. The van der Waals surface area contributed by atoms with E-state index in [-0.39, 0.29) is 16.8 Å².